The minimum atomic E-state index is -0.781. The second-order valence-corrected chi connectivity index (χ2v) is 10.0. The molecular formula is C30H36N4O2. The highest BCUT2D eigenvalue weighted by atomic mass is 16.5. The predicted octanol–water partition coefficient (Wildman–Crippen LogP) is 5.75. The number of allylic oxidation sites excluding steroid dienone is 1. The second kappa shape index (κ2) is 11.2. The van der Waals surface area contributed by atoms with Crippen molar-refractivity contribution in [1.82, 2.24) is 10.3 Å². The van der Waals surface area contributed by atoms with E-state index in [9.17, 15) is 5.11 Å². The van der Waals surface area contributed by atoms with Crippen molar-refractivity contribution < 1.29 is 9.84 Å². The lowest BCUT2D eigenvalue weighted by molar-refractivity contribution is 0.107. The molecule has 1 unspecified atom stereocenters. The molecule has 3 aromatic rings. The van der Waals surface area contributed by atoms with Crippen molar-refractivity contribution >= 4 is 22.8 Å². The van der Waals surface area contributed by atoms with Crippen LogP contribution in [0.3, 0.4) is 0 Å². The van der Waals surface area contributed by atoms with E-state index in [2.05, 4.69) is 53.7 Å². The quantitative estimate of drug-likeness (QED) is 0.418. The molecule has 5 rings (SSSR count). The molecule has 0 amide bonds. The Hall–Kier alpha value is -3.22. The lowest BCUT2D eigenvalue weighted by Gasteiger charge is -2.30. The maximum Gasteiger partial charge on any atom is 0.148 e. The summed E-state index contributed by atoms with van der Waals surface area (Å²) in [4.78, 5) is 4.69. The van der Waals surface area contributed by atoms with E-state index in [-0.39, 0.29) is 0 Å². The zero-order chi connectivity index (χ0) is 24.9. The van der Waals surface area contributed by atoms with Crippen LogP contribution in [0.25, 0.3) is 10.8 Å². The topological polar surface area (TPSA) is 70.0 Å². The Morgan fingerprint density at radius 3 is 2.67 bits per heavy atom. The van der Waals surface area contributed by atoms with Gasteiger partial charge in [-0.05, 0) is 79.2 Å². The Labute approximate surface area is 213 Å². The summed E-state index contributed by atoms with van der Waals surface area (Å²) in [5.41, 5.74) is 3.05. The molecule has 0 saturated heterocycles. The molecule has 1 aliphatic heterocycles. The first-order valence-corrected chi connectivity index (χ1v) is 13.1. The van der Waals surface area contributed by atoms with Crippen LogP contribution in [0.1, 0.15) is 61.9 Å². The average molecular weight is 485 g/mol. The molecule has 0 spiro atoms. The first-order chi connectivity index (χ1) is 17.6. The fraction of sp³-hybridized carbons (Fsp3) is 0.400. The molecule has 6 nitrogen and oxygen atoms in total. The van der Waals surface area contributed by atoms with Crippen LogP contribution in [0.15, 0.2) is 65.9 Å². The maximum atomic E-state index is 11.3. The van der Waals surface area contributed by atoms with Crippen LogP contribution in [-0.2, 0) is 6.42 Å². The summed E-state index contributed by atoms with van der Waals surface area (Å²) < 4.78 is 5.85. The molecule has 2 aromatic carbocycles. The predicted molar refractivity (Wildman–Crippen MR) is 147 cm³/mol. The molecule has 1 fully saturated rings. The Morgan fingerprint density at radius 2 is 1.92 bits per heavy atom. The molecule has 1 atom stereocenters. The van der Waals surface area contributed by atoms with Crippen molar-refractivity contribution in [3.63, 3.8) is 0 Å². The van der Waals surface area contributed by atoms with Gasteiger partial charge >= 0.3 is 0 Å². The van der Waals surface area contributed by atoms with E-state index < -0.39 is 6.23 Å². The summed E-state index contributed by atoms with van der Waals surface area (Å²) in [7, 11) is 1.68. The molecule has 0 radical (unpaired) electrons. The highest BCUT2D eigenvalue weighted by Gasteiger charge is 2.24. The Bertz CT molecular complexity index is 1230. The van der Waals surface area contributed by atoms with Crippen molar-refractivity contribution in [2.24, 2.45) is 11.0 Å². The van der Waals surface area contributed by atoms with Gasteiger partial charge in [-0.2, -0.15) is 5.10 Å². The van der Waals surface area contributed by atoms with E-state index in [0.717, 1.165) is 70.8 Å². The SMILES string of the molecule is COc1c(C(O)NC2CCC(C)CC2)cc(Cc2ccc(N3CCC=CC=N3)nc2)c2ccccc12. The molecule has 1 saturated carbocycles. The molecule has 0 bridgehead atoms. The highest BCUT2D eigenvalue weighted by Crippen LogP contribution is 2.37. The van der Waals surface area contributed by atoms with Gasteiger partial charge in [0.2, 0.25) is 0 Å². The number of nitrogens with zero attached hydrogens (tertiary/aromatic N) is 3. The number of hydrogen-bond acceptors (Lipinski definition) is 6. The fourth-order valence-electron chi connectivity index (χ4n) is 5.36. The number of fused-ring (bicyclic) bond motifs is 1. The van der Waals surface area contributed by atoms with Crippen molar-refractivity contribution in [2.45, 2.75) is 57.7 Å². The van der Waals surface area contributed by atoms with E-state index in [1.807, 2.05) is 29.4 Å². The molecule has 1 aliphatic carbocycles. The number of anilines is 1. The largest absolute Gasteiger partial charge is 0.496 e. The molecular weight excluding hydrogens is 448 g/mol. The monoisotopic (exact) mass is 484 g/mol. The third-order valence-corrected chi connectivity index (χ3v) is 7.42. The molecule has 2 N–H and O–H groups in total. The summed E-state index contributed by atoms with van der Waals surface area (Å²) in [6.07, 6.45) is 13.3. The summed E-state index contributed by atoms with van der Waals surface area (Å²) >= 11 is 0. The molecule has 36 heavy (non-hydrogen) atoms. The van der Waals surface area contributed by atoms with E-state index in [1.165, 1.54) is 12.8 Å². The van der Waals surface area contributed by atoms with Gasteiger partial charge in [-0.25, -0.2) is 9.99 Å². The number of methoxy groups -OCH3 is 1. The summed E-state index contributed by atoms with van der Waals surface area (Å²) in [6.45, 7) is 3.13. The Morgan fingerprint density at radius 1 is 1.11 bits per heavy atom. The van der Waals surface area contributed by atoms with E-state index >= 15 is 0 Å². The Kier molecular flexibility index (Phi) is 7.63. The van der Waals surface area contributed by atoms with Crippen LogP contribution < -0.4 is 15.1 Å². The number of aromatic nitrogens is 1. The average Bonchev–Trinajstić information content (AvgIpc) is 3.20. The number of rotatable bonds is 7. The van der Waals surface area contributed by atoms with Crippen LogP contribution in [0.5, 0.6) is 5.75 Å². The van der Waals surface area contributed by atoms with Crippen molar-refractivity contribution in [2.75, 3.05) is 18.7 Å². The zero-order valence-corrected chi connectivity index (χ0v) is 21.2. The van der Waals surface area contributed by atoms with Gasteiger partial charge in [-0.1, -0.05) is 43.3 Å². The van der Waals surface area contributed by atoms with Crippen LogP contribution in [0, 0.1) is 5.92 Å². The number of nitrogens with one attached hydrogen (secondary N) is 1. The summed E-state index contributed by atoms with van der Waals surface area (Å²) in [6, 6.07) is 14.8. The van der Waals surface area contributed by atoms with Gasteiger partial charge < -0.3 is 9.84 Å². The zero-order valence-electron chi connectivity index (χ0n) is 21.2. The van der Waals surface area contributed by atoms with E-state index in [1.54, 1.807) is 13.3 Å². The number of pyridine rings is 1. The first kappa shape index (κ1) is 24.5. The van der Waals surface area contributed by atoms with Crippen molar-refractivity contribution in [3.8, 4) is 5.75 Å². The number of aliphatic hydroxyl groups is 1. The van der Waals surface area contributed by atoms with Gasteiger partial charge in [0.25, 0.3) is 0 Å². The van der Waals surface area contributed by atoms with Crippen LogP contribution >= 0.6 is 0 Å². The third-order valence-electron chi connectivity index (χ3n) is 7.42. The van der Waals surface area contributed by atoms with Gasteiger partial charge in [0.1, 0.15) is 17.8 Å². The van der Waals surface area contributed by atoms with Crippen LogP contribution in [0.2, 0.25) is 0 Å². The molecule has 1 aromatic heterocycles. The minimum Gasteiger partial charge on any atom is -0.496 e. The minimum absolute atomic E-state index is 0.324. The maximum absolute atomic E-state index is 11.3. The van der Waals surface area contributed by atoms with Gasteiger partial charge in [0.05, 0.1) is 7.11 Å². The summed E-state index contributed by atoms with van der Waals surface area (Å²) in [5, 5.41) is 23.3. The van der Waals surface area contributed by atoms with Crippen LogP contribution in [-0.4, -0.2) is 36.0 Å². The number of hydrazone groups is 1. The van der Waals surface area contributed by atoms with Gasteiger partial charge in [-0.15, -0.1) is 0 Å². The second-order valence-electron chi connectivity index (χ2n) is 10.0. The van der Waals surface area contributed by atoms with Crippen molar-refractivity contribution in [1.29, 1.82) is 0 Å². The molecule has 188 valence electrons. The molecule has 6 heteroatoms. The lowest BCUT2D eigenvalue weighted by Crippen LogP contribution is -2.35. The normalized spacial score (nSPS) is 20.9. The smallest absolute Gasteiger partial charge is 0.148 e. The lowest BCUT2D eigenvalue weighted by atomic mass is 9.87. The number of aliphatic hydroxyl groups excluding tert-OH is 1. The highest BCUT2D eigenvalue weighted by molar-refractivity contribution is 5.92. The van der Waals surface area contributed by atoms with Gasteiger partial charge in [-0.3, -0.25) is 5.32 Å². The fourth-order valence-corrected chi connectivity index (χ4v) is 5.36. The number of benzene rings is 2. The van der Waals surface area contributed by atoms with Gasteiger partial charge in [0, 0.05) is 35.9 Å². The van der Waals surface area contributed by atoms with Crippen LogP contribution in [0.4, 0.5) is 5.82 Å². The van der Waals surface area contributed by atoms with E-state index in [0.29, 0.717) is 12.5 Å². The van der Waals surface area contributed by atoms with Gasteiger partial charge in [0.15, 0.2) is 0 Å². The van der Waals surface area contributed by atoms with Crippen molar-refractivity contribution in [3.05, 3.63) is 77.5 Å². The standard InChI is InChI=1S/C30H36N4O2/c1-21-10-13-24(14-11-21)33-30(35)27-19-23(25-8-4-5-9-26(25)29(27)36-2)18-22-12-15-28(31-20-22)34-17-7-3-6-16-32-34/h3-6,8-9,12,15-16,19-21,24,30,33,35H,7,10-11,13-14,17-18H2,1-2H3. The number of hydrogen-bond donors (Lipinski definition) is 2. The Balaban J connectivity index is 1.42. The van der Waals surface area contributed by atoms with E-state index in [4.69, 9.17) is 9.72 Å². The molecule has 2 heterocycles. The third kappa shape index (κ3) is 5.45. The first-order valence-electron chi connectivity index (χ1n) is 13.1. The number of ether oxygens (including phenoxy) is 1. The molecule has 2 aliphatic rings. The summed E-state index contributed by atoms with van der Waals surface area (Å²) in [5.74, 6) is 2.35.